The SMILES string of the molecule is N#Cc1ccc(/C(=C(\c2ccc(/C=C/C(=O)O)cc2)c2ccc3[nH]nc(F)c3c2)C2CCC2)c(C#N)c1. The van der Waals surface area contributed by atoms with Crippen LogP contribution in [0, 0.1) is 34.5 Å². The standard InChI is InChI=1S/C30H21FN4O2/c31-30-25-15-22(10-12-26(25)34-35-30)28(21-8-4-18(5-9-21)7-13-27(36)37)29(20-2-1-3-20)24-11-6-19(16-32)14-23(24)17-33/h4-15,20H,1-3H2,(H,34,35)(H,36,37)/b13-7+,29-28+. The van der Waals surface area contributed by atoms with Crippen LogP contribution in [0.25, 0.3) is 28.1 Å². The van der Waals surface area contributed by atoms with Crippen LogP contribution in [0.5, 0.6) is 0 Å². The molecule has 0 radical (unpaired) electrons. The Bertz CT molecular complexity index is 1660. The summed E-state index contributed by atoms with van der Waals surface area (Å²) in [5.74, 6) is -1.43. The van der Waals surface area contributed by atoms with E-state index in [0.29, 0.717) is 22.0 Å². The highest BCUT2D eigenvalue weighted by Gasteiger charge is 2.29. The van der Waals surface area contributed by atoms with Crippen molar-refractivity contribution in [1.29, 1.82) is 10.5 Å². The van der Waals surface area contributed by atoms with Crippen molar-refractivity contribution in [3.05, 3.63) is 106 Å². The van der Waals surface area contributed by atoms with Crippen molar-refractivity contribution in [2.75, 3.05) is 0 Å². The Morgan fingerprint density at radius 1 is 1.03 bits per heavy atom. The average Bonchev–Trinajstić information content (AvgIpc) is 3.26. The summed E-state index contributed by atoms with van der Waals surface area (Å²) in [4.78, 5) is 10.9. The first-order valence-corrected chi connectivity index (χ1v) is 11.8. The number of nitrogens with one attached hydrogen (secondary N) is 1. The monoisotopic (exact) mass is 488 g/mol. The molecule has 0 aliphatic heterocycles. The van der Waals surface area contributed by atoms with Crippen molar-refractivity contribution in [1.82, 2.24) is 10.2 Å². The third-order valence-corrected chi connectivity index (χ3v) is 6.76. The maximum absolute atomic E-state index is 14.5. The van der Waals surface area contributed by atoms with Crippen LogP contribution in [0.4, 0.5) is 4.39 Å². The fourth-order valence-electron chi connectivity index (χ4n) is 4.74. The van der Waals surface area contributed by atoms with E-state index >= 15 is 0 Å². The van der Waals surface area contributed by atoms with Gasteiger partial charge in [-0.1, -0.05) is 42.8 Å². The molecule has 5 rings (SSSR count). The van der Waals surface area contributed by atoms with Crippen LogP contribution >= 0.6 is 0 Å². The lowest BCUT2D eigenvalue weighted by Gasteiger charge is -2.32. The Balaban J connectivity index is 1.79. The number of nitriles is 2. The van der Waals surface area contributed by atoms with Crippen LogP contribution in [0.3, 0.4) is 0 Å². The molecule has 0 atom stereocenters. The van der Waals surface area contributed by atoms with Crippen molar-refractivity contribution < 1.29 is 14.3 Å². The van der Waals surface area contributed by atoms with E-state index < -0.39 is 11.9 Å². The van der Waals surface area contributed by atoms with Gasteiger partial charge >= 0.3 is 5.97 Å². The largest absolute Gasteiger partial charge is 0.478 e. The number of aromatic nitrogens is 2. The molecule has 1 heterocycles. The van der Waals surface area contributed by atoms with Gasteiger partial charge in [-0.25, -0.2) is 4.79 Å². The zero-order valence-electron chi connectivity index (χ0n) is 19.7. The summed E-state index contributed by atoms with van der Waals surface area (Å²) in [5.41, 5.74) is 6.35. The molecule has 1 fully saturated rings. The van der Waals surface area contributed by atoms with E-state index in [0.717, 1.165) is 58.7 Å². The fourth-order valence-corrected chi connectivity index (χ4v) is 4.74. The molecule has 37 heavy (non-hydrogen) atoms. The highest BCUT2D eigenvalue weighted by molar-refractivity contribution is 6.02. The molecular weight excluding hydrogens is 467 g/mol. The normalized spacial score (nSPS) is 14.1. The zero-order valence-corrected chi connectivity index (χ0v) is 19.7. The zero-order chi connectivity index (χ0) is 25.9. The van der Waals surface area contributed by atoms with E-state index in [4.69, 9.17) is 5.11 Å². The highest BCUT2D eigenvalue weighted by Crippen LogP contribution is 2.46. The number of carboxylic acid groups (broad SMARTS) is 1. The summed E-state index contributed by atoms with van der Waals surface area (Å²) in [6.07, 6.45) is 5.56. The van der Waals surface area contributed by atoms with Crippen molar-refractivity contribution in [2.24, 2.45) is 5.92 Å². The molecule has 1 aliphatic rings. The number of halogens is 1. The molecule has 0 amide bonds. The van der Waals surface area contributed by atoms with Gasteiger partial charge in [0.1, 0.15) is 0 Å². The number of allylic oxidation sites excluding steroid dienone is 1. The second-order valence-electron chi connectivity index (χ2n) is 8.97. The lowest BCUT2D eigenvalue weighted by atomic mass is 9.72. The summed E-state index contributed by atoms with van der Waals surface area (Å²) < 4.78 is 14.5. The number of hydrogen-bond acceptors (Lipinski definition) is 4. The molecule has 1 aromatic heterocycles. The Morgan fingerprint density at radius 3 is 2.43 bits per heavy atom. The Morgan fingerprint density at radius 2 is 1.78 bits per heavy atom. The van der Waals surface area contributed by atoms with Gasteiger partial charge in [0.2, 0.25) is 5.95 Å². The van der Waals surface area contributed by atoms with Gasteiger partial charge in [0.15, 0.2) is 0 Å². The van der Waals surface area contributed by atoms with E-state index in [1.54, 1.807) is 24.3 Å². The smallest absolute Gasteiger partial charge is 0.328 e. The van der Waals surface area contributed by atoms with Crippen molar-refractivity contribution in [3.8, 4) is 12.1 Å². The summed E-state index contributed by atoms with van der Waals surface area (Å²) in [5, 5.41) is 35.0. The number of aromatic amines is 1. The Kier molecular flexibility index (Phi) is 6.36. The Labute approximate surface area is 212 Å². The van der Waals surface area contributed by atoms with Crippen molar-refractivity contribution in [2.45, 2.75) is 19.3 Å². The molecule has 1 aliphatic carbocycles. The number of nitrogens with zero attached hydrogens (tertiary/aromatic N) is 3. The van der Waals surface area contributed by atoms with Crippen LogP contribution < -0.4 is 0 Å². The molecule has 6 nitrogen and oxygen atoms in total. The quantitative estimate of drug-likeness (QED) is 0.244. The minimum absolute atomic E-state index is 0.187. The number of hydrogen-bond donors (Lipinski definition) is 2. The summed E-state index contributed by atoms with van der Waals surface area (Å²) in [6, 6.07) is 22.4. The molecular formula is C30H21FN4O2. The third kappa shape index (κ3) is 4.63. The van der Waals surface area contributed by atoms with E-state index in [1.165, 1.54) is 6.08 Å². The highest BCUT2D eigenvalue weighted by atomic mass is 19.1. The molecule has 1 saturated carbocycles. The lowest BCUT2D eigenvalue weighted by Crippen LogP contribution is -2.16. The van der Waals surface area contributed by atoms with Gasteiger partial charge in [-0.3, -0.25) is 5.10 Å². The topological polar surface area (TPSA) is 114 Å². The molecule has 4 aromatic rings. The van der Waals surface area contributed by atoms with Gasteiger partial charge in [-0.05, 0) is 82.5 Å². The molecule has 0 saturated heterocycles. The van der Waals surface area contributed by atoms with Gasteiger partial charge in [0.05, 0.1) is 34.2 Å². The molecule has 7 heteroatoms. The van der Waals surface area contributed by atoms with E-state index in [1.807, 2.05) is 36.4 Å². The fraction of sp³-hybridized carbons (Fsp3) is 0.133. The number of carboxylic acids is 1. The predicted octanol–water partition coefficient (Wildman–Crippen LogP) is 6.30. The third-order valence-electron chi connectivity index (χ3n) is 6.76. The molecule has 3 aromatic carbocycles. The first-order valence-electron chi connectivity index (χ1n) is 11.8. The number of H-pyrrole nitrogens is 1. The number of rotatable bonds is 6. The molecule has 0 spiro atoms. The van der Waals surface area contributed by atoms with Gasteiger partial charge in [0, 0.05) is 6.08 Å². The van der Waals surface area contributed by atoms with Crippen LogP contribution in [-0.2, 0) is 4.79 Å². The summed E-state index contributed by atoms with van der Waals surface area (Å²) >= 11 is 0. The summed E-state index contributed by atoms with van der Waals surface area (Å²) in [6.45, 7) is 0. The first-order chi connectivity index (χ1) is 18.0. The second kappa shape index (κ2) is 9.93. The number of benzene rings is 3. The number of fused-ring (bicyclic) bond motifs is 1. The average molecular weight is 489 g/mol. The van der Waals surface area contributed by atoms with E-state index in [2.05, 4.69) is 22.3 Å². The first kappa shape index (κ1) is 23.7. The maximum atomic E-state index is 14.5. The van der Waals surface area contributed by atoms with Gasteiger partial charge in [0.25, 0.3) is 0 Å². The van der Waals surface area contributed by atoms with E-state index in [-0.39, 0.29) is 5.92 Å². The van der Waals surface area contributed by atoms with Crippen LogP contribution in [0.1, 0.15) is 52.6 Å². The lowest BCUT2D eigenvalue weighted by molar-refractivity contribution is -0.131. The number of carbonyl (C=O) groups is 1. The Hall–Kier alpha value is -5.01. The maximum Gasteiger partial charge on any atom is 0.328 e. The van der Waals surface area contributed by atoms with Gasteiger partial charge in [-0.2, -0.15) is 14.9 Å². The van der Waals surface area contributed by atoms with E-state index in [9.17, 15) is 19.7 Å². The molecule has 0 bridgehead atoms. The van der Waals surface area contributed by atoms with Crippen molar-refractivity contribution >= 4 is 34.1 Å². The van der Waals surface area contributed by atoms with Gasteiger partial charge < -0.3 is 5.11 Å². The van der Waals surface area contributed by atoms with Crippen LogP contribution in [-0.4, -0.2) is 21.3 Å². The second-order valence-corrected chi connectivity index (χ2v) is 8.97. The minimum Gasteiger partial charge on any atom is -0.478 e. The molecule has 0 unspecified atom stereocenters. The van der Waals surface area contributed by atoms with Crippen LogP contribution in [0.15, 0.2) is 66.7 Å². The summed E-state index contributed by atoms with van der Waals surface area (Å²) in [7, 11) is 0. The number of aliphatic carboxylic acids is 1. The predicted molar refractivity (Wildman–Crippen MR) is 138 cm³/mol. The van der Waals surface area contributed by atoms with Crippen LogP contribution in [0.2, 0.25) is 0 Å². The van der Waals surface area contributed by atoms with Crippen molar-refractivity contribution in [3.63, 3.8) is 0 Å². The van der Waals surface area contributed by atoms with Gasteiger partial charge in [-0.15, -0.1) is 5.10 Å². The molecule has 180 valence electrons. The molecule has 2 N–H and O–H groups in total. The minimum atomic E-state index is -1.03.